The summed E-state index contributed by atoms with van der Waals surface area (Å²) in [4.78, 5) is 34.0. The Labute approximate surface area is 198 Å². The van der Waals surface area contributed by atoms with Crippen LogP contribution in [0.4, 0.5) is 11.5 Å². The normalized spacial score (nSPS) is 11.3. The van der Waals surface area contributed by atoms with Crippen LogP contribution < -0.4 is 10.2 Å². The summed E-state index contributed by atoms with van der Waals surface area (Å²) in [5.74, 6) is -0.00366. The van der Waals surface area contributed by atoms with Crippen LogP contribution in [0.1, 0.15) is 23.7 Å². The van der Waals surface area contributed by atoms with Gasteiger partial charge in [0.15, 0.2) is 5.82 Å². The van der Waals surface area contributed by atoms with Crippen molar-refractivity contribution in [3.63, 3.8) is 0 Å². The van der Waals surface area contributed by atoms with Gasteiger partial charge in [-0.05, 0) is 54.7 Å². The molecule has 0 unspecified atom stereocenters. The molecule has 2 aromatic carbocycles. The van der Waals surface area contributed by atoms with Crippen molar-refractivity contribution in [2.45, 2.75) is 19.4 Å². The molecule has 170 valence electrons. The molecule has 1 aromatic heterocycles. The fourth-order valence-electron chi connectivity index (χ4n) is 3.36. The molecule has 7 nitrogen and oxygen atoms in total. The van der Waals surface area contributed by atoms with Gasteiger partial charge in [-0.1, -0.05) is 30.3 Å². The van der Waals surface area contributed by atoms with E-state index in [1.165, 1.54) is 0 Å². The second-order valence-corrected chi connectivity index (χ2v) is 7.90. The van der Waals surface area contributed by atoms with E-state index in [9.17, 15) is 14.7 Å². The molecule has 0 radical (unpaired) electrons. The number of H-pyrrole nitrogens is 1. The Hall–Kier alpha value is -2.97. The van der Waals surface area contributed by atoms with Crippen molar-refractivity contribution in [2.24, 2.45) is 0 Å². The fourth-order valence-corrected chi connectivity index (χ4v) is 3.83. The monoisotopic (exact) mass is 474 g/mol. The number of hydrogen-bond acceptors (Lipinski definition) is 5. The van der Waals surface area contributed by atoms with Crippen LogP contribution in [0.15, 0.2) is 61.1 Å². The van der Waals surface area contributed by atoms with Crippen LogP contribution in [0.3, 0.4) is 0 Å². The molecule has 0 aliphatic heterocycles. The van der Waals surface area contributed by atoms with Crippen molar-refractivity contribution in [1.29, 1.82) is 0 Å². The largest absolute Gasteiger partial charge is 0.480 e. The molecular formula is C23H27ClN4O3S. The van der Waals surface area contributed by atoms with Crippen LogP contribution in [0.5, 0.6) is 0 Å². The summed E-state index contributed by atoms with van der Waals surface area (Å²) < 4.78 is 0. The Morgan fingerprint density at radius 1 is 1.22 bits per heavy atom. The summed E-state index contributed by atoms with van der Waals surface area (Å²) in [5.41, 5.74) is 2.94. The Morgan fingerprint density at radius 2 is 1.97 bits per heavy atom. The number of nitrogens with one attached hydrogen (secondary N) is 2. The summed E-state index contributed by atoms with van der Waals surface area (Å²) >= 11 is 1.55. The number of carbonyl (C=O) groups excluding carboxylic acids is 1. The second-order valence-electron chi connectivity index (χ2n) is 6.91. The molecule has 0 aliphatic carbocycles. The minimum atomic E-state index is -1.03. The van der Waals surface area contributed by atoms with Gasteiger partial charge in [-0.3, -0.25) is 4.79 Å². The predicted molar refractivity (Wildman–Crippen MR) is 132 cm³/mol. The molecule has 0 saturated heterocycles. The number of rotatable bonds is 10. The van der Waals surface area contributed by atoms with E-state index >= 15 is 0 Å². The Bertz CT molecular complexity index is 1020. The number of nitrogens with zero attached hydrogens (tertiary/aromatic N) is 2. The number of hydrogen-bond donors (Lipinski definition) is 3. The summed E-state index contributed by atoms with van der Waals surface area (Å²) in [5, 5.41) is 12.2. The van der Waals surface area contributed by atoms with Crippen molar-refractivity contribution in [1.82, 2.24) is 15.3 Å². The second kappa shape index (κ2) is 12.2. The highest BCUT2D eigenvalue weighted by molar-refractivity contribution is 7.98. The van der Waals surface area contributed by atoms with Crippen LogP contribution in [-0.2, 0) is 4.79 Å². The lowest BCUT2D eigenvalue weighted by Gasteiger charge is -2.23. The third kappa shape index (κ3) is 6.05. The first-order valence-electron chi connectivity index (χ1n) is 10.0. The summed E-state index contributed by atoms with van der Waals surface area (Å²) in [7, 11) is 0. The zero-order valence-electron chi connectivity index (χ0n) is 17.9. The Morgan fingerprint density at radius 3 is 2.56 bits per heavy atom. The number of amides is 1. The highest BCUT2D eigenvalue weighted by Gasteiger charge is 2.23. The van der Waals surface area contributed by atoms with Gasteiger partial charge < -0.3 is 20.3 Å². The van der Waals surface area contributed by atoms with Crippen molar-refractivity contribution < 1.29 is 14.7 Å². The maximum atomic E-state index is 13.1. The molecule has 1 amide bonds. The molecule has 0 aliphatic rings. The third-order valence-corrected chi connectivity index (χ3v) is 5.58. The number of carboxylic acids is 1. The predicted octanol–water partition coefficient (Wildman–Crippen LogP) is 4.59. The van der Waals surface area contributed by atoms with E-state index in [4.69, 9.17) is 0 Å². The molecule has 1 heterocycles. The van der Waals surface area contributed by atoms with Gasteiger partial charge in [0.25, 0.3) is 5.91 Å². The van der Waals surface area contributed by atoms with Gasteiger partial charge in [-0.15, -0.1) is 12.4 Å². The lowest BCUT2D eigenvalue weighted by molar-refractivity contribution is -0.139. The van der Waals surface area contributed by atoms with Crippen molar-refractivity contribution in [3.8, 4) is 11.1 Å². The molecule has 32 heavy (non-hydrogen) atoms. The zero-order valence-corrected chi connectivity index (χ0v) is 19.6. The van der Waals surface area contributed by atoms with Crippen LogP contribution in [-0.4, -0.2) is 51.5 Å². The summed E-state index contributed by atoms with van der Waals surface area (Å²) in [6.07, 6.45) is 5.71. The molecule has 3 rings (SSSR count). The number of aromatic amines is 1. The van der Waals surface area contributed by atoms with E-state index in [1.807, 2.05) is 66.7 Å². The number of aromatic nitrogens is 2. The smallest absolute Gasteiger partial charge is 0.326 e. The van der Waals surface area contributed by atoms with Gasteiger partial charge in [-0.2, -0.15) is 11.8 Å². The minimum Gasteiger partial charge on any atom is -0.480 e. The van der Waals surface area contributed by atoms with Crippen LogP contribution in [0.25, 0.3) is 11.1 Å². The molecule has 0 bridgehead atoms. The molecule has 0 saturated carbocycles. The average molecular weight is 475 g/mol. The zero-order chi connectivity index (χ0) is 22.2. The SMILES string of the molecule is CCN(c1ccc(C(=O)N[C@@H](CCSC)C(=O)O)c(-c2ccccc2)c1)c1c[nH]cn1.Cl. The quantitative estimate of drug-likeness (QED) is 0.397. The Balaban J connectivity index is 0.00000363. The molecule has 0 fully saturated rings. The number of thioether (sulfide) groups is 1. The molecule has 3 aromatic rings. The first-order valence-corrected chi connectivity index (χ1v) is 11.4. The van der Waals surface area contributed by atoms with Crippen LogP contribution >= 0.6 is 24.2 Å². The van der Waals surface area contributed by atoms with Crippen LogP contribution in [0.2, 0.25) is 0 Å². The van der Waals surface area contributed by atoms with Gasteiger partial charge in [0.05, 0.1) is 6.33 Å². The number of aliphatic carboxylic acids is 1. The average Bonchev–Trinajstić information content (AvgIpc) is 3.32. The van der Waals surface area contributed by atoms with Crippen molar-refractivity contribution in [3.05, 3.63) is 66.6 Å². The number of halogens is 1. The highest BCUT2D eigenvalue weighted by atomic mass is 35.5. The molecular weight excluding hydrogens is 448 g/mol. The lowest BCUT2D eigenvalue weighted by atomic mass is 9.97. The van der Waals surface area contributed by atoms with E-state index in [0.717, 1.165) is 22.6 Å². The maximum absolute atomic E-state index is 13.1. The van der Waals surface area contributed by atoms with Crippen LogP contribution in [0, 0.1) is 0 Å². The summed E-state index contributed by atoms with van der Waals surface area (Å²) in [6, 6.07) is 14.2. The molecule has 3 N–H and O–H groups in total. The minimum absolute atomic E-state index is 0. The van der Waals surface area contributed by atoms with E-state index < -0.39 is 17.9 Å². The van der Waals surface area contributed by atoms with Gasteiger partial charge >= 0.3 is 5.97 Å². The Kier molecular flexibility index (Phi) is 9.61. The lowest BCUT2D eigenvalue weighted by Crippen LogP contribution is -2.41. The third-order valence-electron chi connectivity index (χ3n) is 4.93. The standard InChI is InChI=1S/C23H26N4O3S.ClH/c1-3-27(21-14-24-15-25-21)17-9-10-18(19(13-17)16-7-5-4-6-8-16)22(28)26-20(23(29)30)11-12-31-2;/h4-10,13-15,20H,3,11-12H2,1-2H3,(H,24,25)(H,26,28)(H,29,30);1H/t20-;/m0./s1. The van der Waals surface area contributed by atoms with Gasteiger partial charge in [0.1, 0.15) is 6.04 Å². The van der Waals surface area contributed by atoms with Gasteiger partial charge in [0, 0.05) is 24.0 Å². The number of anilines is 2. The fraction of sp³-hybridized carbons (Fsp3) is 0.261. The van der Waals surface area contributed by atoms with Gasteiger partial charge in [-0.25, -0.2) is 9.78 Å². The van der Waals surface area contributed by atoms with Gasteiger partial charge in [0.2, 0.25) is 0 Å². The number of carbonyl (C=O) groups is 2. The van der Waals surface area contributed by atoms with Crippen molar-refractivity contribution >= 4 is 47.6 Å². The number of imidazole rings is 1. The summed E-state index contributed by atoms with van der Waals surface area (Å²) in [6.45, 7) is 2.72. The van der Waals surface area contributed by atoms with E-state index in [0.29, 0.717) is 24.3 Å². The first kappa shape index (κ1) is 25.3. The van der Waals surface area contributed by atoms with E-state index in [-0.39, 0.29) is 12.4 Å². The molecule has 0 spiro atoms. The molecule has 1 atom stereocenters. The maximum Gasteiger partial charge on any atom is 0.326 e. The number of carboxylic acid groups (broad SMARTS) is 1. The topological polar surface area (TPSA) is 98.3 Å². The highest BCUT2D eigenvalue weighted by Crippen LogP contribution is 2.31. The first-order chi connectivity index (χ1) is 15.0. The van der Waals surface area contributed by atoms with Crippen molar-refractivity contribution in [2.75, 3.05) is 23.5 Å². The molecule has 9 heteroatoms. The van der Waals surface area contributed by atoms with E-state index in [2.05, 4.69) is 15.3 Å². The number of benzene rings is 2. The van der Waals surface area contributed by atoms with E-state index in [1.54, 1.807) is 24.2 Å².